The van der Waals surface area contributed by atoms with Crippen molar-refractivity contribution in [1.82, 2.24) is 5.32 Å². The van der Waals surface area contributed by atoms with Crippen LogP contribution in [-0.4, -0.2) is 23.5 Å². The Labute approximate surface area is 131 Å². The molecule has 2 N–H and O–H groups in total. The van der Waals surface area contributed by atoms with Crippen molar-refractivity contribution in [2.45, 2.75) is 51.4 Å². The van der Waals surface area contributed by atoms with E-state index in [0.717, 1.165) is 24.0 Å². The Morgan fingerprint density at radius 2 is 1.95 bits per heavy atom. The zero-order valence-corrected chi connectivity index (χ0v) is 13.0. The number of carboxylic acid groups (broad SMARTS) is 1. The first-order chi connectivity index (χ1) is 10.6. The molecule has 0 saturated heterocycles. The molecule has 1 aliphatic carbocycles. The molecular formula is C18H25NO3. The van der Waals surface area contributed by atoms with E-state index in [1.165, 1.54) is 32.1 Å². The normalized spacial score (nSPS) is 15.5. The highest BCUT2D eigenvalue weighted by molar-refractivity contribution is 5.96. The molecule has 0 aromatic heterocycles. The molecule has 0 bridgehead atoms. The molecule has 0 aliphatic heterocycles. The smallest absolute Gasteiger partial charge is 0.404 e. The molecule has 1 amide bonds. The van der Waals surface area contributed by atoms with Gasteiger partial charge in [-0.3, -0.25) is 4.79 Å². The highest BCUT2D eigenvalue weighted by atomic mass is 16.4. The number of hydrogen-bond acceptors (Lipinski definition) is 2. The zero-order chi connectivity index (χ0) is 15.8. The summed E-state index contributed by atoms with van der Waals surface area (Å²) in [5.74, 6) is 0.807. The number of nitrogens with one attached hydrogen (secondary N) is 1. The monoisotopic (exact) mass is 303 g/mol. The van der Waals surface area contributed by atoms with Gasteiger partial charge in [0.2, 0.25) is 0 Å². The number of Topliss-reactive ketones (excluding diaryl/α,β-unsaturated/α-hetero) is 1. The average molecular weight is 303 g/mol. The number of hydrogen-bond donors (Lipinski definition) is 2. The zero-order valence-electron chi connectivity index (χ0n) is 13.0. The van der Waals surface area contributed by atoms with Crippen LogP contribution >= 0.6 is 0 Å². The molecule has 0 spiro atoms. The van der Waals surface area contributed by atoms with Crippen molar-refractivity contribution in [2.24, 2.45) is 5.92 Å². The van der Waals surface area contributed by atoms with Gasteiger partial charge in [-0.1, -0.05) is 50.3 Å². The molecule has 0 unspecified atom stereocenters. The van der Waals surface area contributed by atoms with Gasteiger partial charge in [-0.05, 0) is 30.4 Å². The van der Waals surface area contributed by atoms with Crippen LogP contribution < -0.4 is 5.32 Å². The second-order valence-corrected chi connectivity index (χ2v) is 6.17. The first kappa shape index (κ1) is 16.5. The molecule has 4 nitrogen and oxygen atoms in total. The lowest BCUT2D eigenvalue weighted by molar-refractivity contribution is 0.0950. The maximum absolute atomic E-state index is 12.4. The van der Waals surface area contributed by atoms with E-state index in [4.69, 9.17) is 5.11 Å². The summed E-state index contributed by atoms with van der Waals surface area (Å²) >= 11 is 0. The molecule has 1 aliphatic rings. The number of carbonyl (C=O) groups is 2. The summed E-state index contributed by atoms with van der Waals surface area (Å²) in [6.45, 7) is 0.440. The number of aryl methyl sites for hydroxylation is 1. The summed E-state index contributed by atoms with van der Waals surface area (Å²) in [6, 6.07) is 7.78. The predicted octanol–water partition coefficient (Wildman–Crippen LogP) is 4.04. The SMILES string of the molecule is O=C(O)NCCCc1cccc(C(=O)CC2CCCCC2)c1. The van der Waals surface area contributed by atoms with Crippen molar-refractivity contribution >= 4 is 11.9 Å². The topological polar surface area (TPSA) is 66.4 Å². The third-order valence-corrected chi connectivity index (χ3v) is 4.37. The Bertz CT molecular complexity index is 507. The number of rotatable bonds is 7. The Balaban J connectivity index is 1.84. The van der Waals surface area contributed by atoms with E-state index >= 15 is 0 Å². The molecule has 1 aromatic carbocycles. The van der Waals surface area contributed by atoms with Crippen LogP contribution in [0.15, 0.2) is 24.3 Å². The van der Waals surface area contributed by atoms with E-state index in [1.54, 1.807) is 0 Å². The quantitative estimate of drug-likeness (QED) is 0.590. The van der Waals surface area contributed by atoms with E-state index < -0.39 is 6.09 Å². The molecular weight excluding hydrogens is 278 g/mol. The van der Waals surface area contributed by atoms with Crippen LogP contribution in [0.4, 0.5) is 4.79 Å². The van der Waals surface area contributed by atoms with Gasteiger partial charge in [-0.25, -0.2) is 4.79 Å². The maximum atomic E-state index is 12.4. The van der Waals surface area contributed by atoms with Gasteiger partial charge in [0.05, 0.1) is 0 Å². The Kier molecular flexibility index (Phi) is 6.44. The van der Waals surface area contributed by atoms with Crippen LogP contribution in [-0.2, 0) is 6.42 Å². The van der Waals surface area contributed by atoms with Crippen LogP contribution in [0.25, 0.3) is 0 Å². The lowest BCUT2D eigenvalue weighted by atomic mass is 9.84. The average Bonchev–Trinajstić information content (AvgIpc) is 2.53. The first-order valence-corrected chi connectivity index (χ1v) is 8.24. The molecule has 4 heteroatoms. The molecule has 1 aromatic rings. The Morgan fingerprint density at radius 3 is 2.68 bits per heavy atom. The molecule has 120 valence electrons. The van der Waals surface area contributed by atoms with Crippen LogP contribution in [0, 0.1) is 5.92 Å². The van der Waals surface area contributed by atoms with Crippen LogP contribution in [0.2, 0.25) is 0 Å². The first-order valence-electron chi connectivity index (χ1n) is 8.24. The Hall–Kier alpha value is -1.84. The molecule has 2 rings (SSSR count). The van der Waals surface area contributed by atoms with Gasteiger partial charge in [0.15, 0.2) is 5.78 Å². The molecule has 0 radical (unpaired) electrons. The van der Waals surface area contributed by atoms with Gasteiger partial charge < -0.3 is 10.4 Å². The van der Waals surface area contributed by atoms with Crippen molar-refractivity contribution in [3.05, 3.63) is 35.4 Å². The summed E-state index contributed by atoms with van der Waals surface area (Å²) in [5.41, 5.74) is 1.90. The van der Waals surface area contributed by atoms with Gasteiger partial charge in [0, 0.05) is 18.5 Å². The summed E-state index contributed by atoms with van der Waals surface area (Å²) in [5, 5.41) is 10.9. The van der Waals surface area contributed by atoms with Gasteiger partial charge in [-0.2, -0.15) is 0 Å². The van der Waals surface area contributed by atoms with Crippen molar-refractivity contribution in [3.63, 3.8) is 0 Å². The largest absolute Gasteiger partial charge is 0.465 e. The highest BCUT2D eigenvalue weighted by Gasteiger charge is 2.18. The van der Waals surface area contributed by atoms with E-state index in [2.05, 4.69) is 5.32 Å². The second-order valence-electron chi connectivity index (χ2n) is 6.17. The van der Waals surface area contributed by atoms with Crippen molar-refractivity contribution in [2.75, 3.05) is 6.54 Å². The molecule has 0 atom stereocenters. The van der Waals surface area contributed by atoms with Crippen molar-refractivity contribution < 1.29 is 14.7 Å². The van der Waals surface area contributed by atoms with Gasteiger partial charge >= 0.3 is 6.09 Å². The fourth-order valence-corrected chi connectivity index (χ4v) is 3.16. The van der Waals surface area contributed by atoms with Crippen LogP contribution in [0.1, 0.15) is 60.9 Å². The van der Waals surface area contributed by atoms with E-state index in [1.807, 2.05) is 24.3 Å². The minimum absolute atomic E-state index is 0.248. The lowest BCUT2D eigenvalue weighted by Crippen LogP contribution is -2.22. The van der Waals surface area contributed by atoms with E-state index in [0.29, 0.717) is 18.9 Å². The highest BCUT2D eigenvalue weighted by Crippen LogP contribution is 2.27. The number of benzene rings is 1. The third kappa shape index (κ3) is 5.51. The standard InChI is InChI=1S/C18H25NO3/c20-17(13-15-6-2-1-3-7-15)16-10-4-8-14(12-16)9-5-11-19-18(21)22/h4,8,10,12,15,19H,1-3,5-7,9,11,13H2,(H,21,22). The van der Waals surface area contributed by atoms with E-state index in [9.17, 15) is 9.59 Å². The molecule has 22 heavy (non-hydrogen) atoms. The minimum Gasteiger partial charge on any atom is -0.465 e. The van der Waals surface area contributed by atoms with Gasteiger partial charge in [0.1, 0.15) is 0 Å². The third-order valence-electron chi connectivity index (χ3n) is 4.37. The lowest BCUT2D eigenvalue weighted by Gasteiger charge is -2.20. The summed E-state index contributed by atoms with van der Waals surface area (Å²) in [4.78, 5) is 22.8. The predicted molar refractivity (Wildman–Crippen MR) is 86.3 cm³/mol. The summed E-state index contributed by atoms with van der Waals surface area (Å²) in [7, 11) is 0. The summed E-state index contributed by atoms with van der Waals surface area (Å²) in [6.07, 6.45) is 7.41. The second kappa shape index (κ2) is 8.57. The van der Waals surface area contributed by atoms with E-state index in [-0.39, 0.29) is 5.78 Å². The maximum Gasteiger partial charge on any atom is 0.404 e. The molecule has 1 saturated carbocycles. The van der Waals surface area contributed by atoms with Crippen LogP contribution in [0.5, 0.6) is 0 Å². The van der Waals surface area contributed by atoms with Crippen molar-refractivity contribution in [1.29, 1.82) is 0 Å². The fourth-order valence-electron chi connectivity index (χ4n) is 3.16. The number of carbonyl (C=O) groups excluding carboxylic acids is 1. The van der Waals surface area contributed by atoms with Crippen LogP contribution in [0.3, 0.4) is 0 Å². The number of ketones is 1. The molecule has 0 heterocycles. The van der Waals surface area contributed by atoms with Crippen molar-refractivity contribution in [3.8, 4) is 0 Å². The fraction of sp³-hybridized carbons (Fsp3) is 0.556. The Morgan fingerprint density at radius 1 is 1.18 bits per heavy atom. The van der Waals surface area contributed by atoms with Gasteiger partial charge in [0.25, 0.3) is 0 Å². The summed E-state index contributed by atoms with van der Waals surface area (Å²) < 4.78 is 0. The minimum atomic E-state index is -0.989. The molecule has 1 fully saturated rings. The van der Waals surface area contributed by atoms with Gasteiger partial charge in [-0.15, -0.1) is 0 Å². The number of amides is 1.